The normalized spacial score (nSPS) is 16.0. The van der Waals surface area contributed by atoms with Crippen LogP contribution >= 0.6 is 15.6 Å². The molecule has 0 saturated heterocycles. The molecule has 3 N–H and O–H groups in total. The summed E-state index contributed by atoms with van der Waals surface area (Å²) in [5.74, 6) is 0. The fraction of sp³-hybridized carbons (Fsp3) is 0.600. The second kappa shape index (κ2) is 11.2. The van der Waals surface area contributed by atoms with Gasteiger partial charge in [0.15, 0.2) is 0 Å². The summed E-state index contributed by atoms with van der Waals surface area (Å²) < 4.78 is 29.9. The highest BCUT2D eigenvalue weighted by molar-refractivity contribution is 7.60. The Morgan fingerprint density at radius 3 is 1.88 bits per heavy atom. The molecular weight excluding hydrogens is 354 g/mol. The maximum absolute atomic E-state index is 11.2. The van der Waals surface area contributed by atoms with E-state index in [1.54, 1.807) is 6.08 Å². The van der Waals surface area contributed by atoms with Crippen molar-refractivity contribution >= 4 is 15.6 Å². The van der Waals surface area contributed by atoms with Gasteiger partial charge in [-0.3, -0.25) is 4.52 Å². The van der Waals surface area contributed by atoms with E-state index in [1.807, 2.05) is 6.92 Å². The molecule has 7 nitrogen and oxygen atoms in total. The van der Waals surface area contributed by atoms with Gasteiger partial charge in [0.25, 0.3) is 0 Å². The summed E-state index contributed by atoms with van der Waals surface area (Å²) in [6, 6.07) is 0. The molecule has 0 spiro atoms. The van der Waals surface area contributed by atoms with E-state index in [0.29, 0.717) is 0 Å². The summed E-state index contributed by atoms with van der Waals surface area (Å²) in [5, 5.41) is 0. The molecule has 0 aromatic carbocycles. The standard InChI is InChI=1S/C15H28O7P2/c1-13(2)7-5-8-14(3)9-6-10-15(4)11-12-21-24(19,20)22-23(16,17)18/h7,9,11H,5-6,8,10,12H2,1-4H3,(H,19,20)(H2,16,17,18)/b14-9-,15-11-. The molecule has 1 unspecified atom stereocenters. The third-order valence-electron chi connectivity index (χ3n) is 3.00. The van der Waals surface area contributed by atoms with Crippen molar-refractivity contribution in [3.05, 3.63) is 34.9 Å². The Kier molecular flexibility index (Phi) is 10.9. The van der Waals surface area contributed by atoms with Crippen LogP contribution in [0.2, 0.25) is 0 Å². The van der Waals surface area contributed by atoms with Gasteiger partial charge in [0.05, 0.1) is 6.61 Å². The van der Waals surface area contributed by atoms with Crippen molar-refractivity contribution in [2.75, 3.05) is 6.61 Å². The Hall–Kier alpha value is -0.520. The summed E-state index contributed by atoms with van der Waals surface area (Å²) in [5.41, 5.74) is 3.57. The molecule has 0 aliphatic carbocycles. The van der Waals surface area contributed by atoms with Crippen molar-refractivity contribution < 1.29 is 32.6 Å². The Balaban J connectivity index is 4.18. The lowest BCUT2D eigenvalue weighted by atomic mass is 10.1. The molecule has 0 heterocycles. The van der Waals surface area contributed by atoms with Gasteiger partial charge >= 0.3 is 15.6 Å². The van der Waals surface area contributed by atoms with Crippen LogP contribution in [0.4, 0.5) is 0 Å². The van der Waals surface area contributed by atoms with Crippen molar-refractivity contribution in [1.82, 2.24) is 0 Å². The summed E-state index contributed by atoms with van der Waals surface area (Å²) in [6.45, 7) is 7.82. The highest BCUT2D eigenvalue weighted by Gasteiger charge is 2.31. The SMILES string of the molecule is CC(C)=CCC/C(C)=C\CC/C(C)=C\COP(=O)(O)OP(=O)(O)O. The second-order valence-electron chi connectivity index (χ2n) is 5.80. The maximum Gasteiger partial charge on any atom is 0.481 e. The van der Waals surface area contributed by atoms with Crippen LogP contribution < -0.4 is 0 Å². The lowest BCUT2D eigenvalue weighted by Gasteiger charge is -2.11. The monoisotopic (exact) mass is 382 g/mol. The molecule has 0 radical (unpaired) electrons. The number of phosphoric ester groups is 1. The van der Waals surface area contributed by atoms with E-state index in [0.717, 1.165) is 31.3 Å². The first-order valence-corrected chi connectivity index (χ1v) is 10.6. The molecule has 0 amide bonds. The fourth-order valence-electron chi connectivity index (χ4n) is 1.77. The second-order valence-corrected chi connectivity index (χ2v) is 8.63. The van der Waals surface area contributed by atoms with Crippen LogP contribution in [0.1, 0.15) is 53.4 Å². The van der Waals surface area contributed by atoms with E-state index in [-0.39, 0.29) is 6.61 Å². The van der Waals surface area contributed by atoms with Crippen LogP contribution in [-0.4, -0.2) is 21.3 Å². The molecule has 0 aromatic rings. The molecule has 1 atom stereocenters. The zero-order chi connectivity index (χ0) is 18.8. The van der Waals surface area contributed by atoms with Crippen LogP contribution in [0.15, 0.2) is 34.9 Å². The van der Waals surface area contributed by atoms with Gasteiger partial charge in [-0.2, -0.15) is 4.31 Å². The van der Waals surface area contributed by atoms with E-state index < -0.39 is 15.6 Å². The molecule has 24 heavy (non-hydrogen) atoms. The summed E-state index contributed by atoms with van der Waals surface area (Å²) in [4.78, 5) is 26.1. The van der Waals surface area contributed by atoms with Gasteiger partial charge in [-0.15, -0.1) is 0 Å². The number of rotatable bonds is 11. The fourth-order valence-corrected chi connectivity index (χ4v) is 3.30. The van der Waals surface area contributed by atoms with E-state index >= 15 is 0 Å². The van der Waals surface area contributed by atoms with Gasteiger partial charge in [0.2, 0.25) is 0 Å². The Morgan fingerprint density at radius 2 is 1.38 bits per heavy atom. The van der Waals surface area contributed by atoms with Gasteiger partial charge in [0, 0.05) is 0 Å². The maximum atomic E-state index is 11.2. The van der Waals surface area contributed by atoms with Gasteiger partial charge in [-0.05, 0) is 53.4 Å². The third kappa shape index (κ3) is 15.0. The van der Waals surface area contributed by atoms with Crippen molar-refractivity contribution in [3.63, 3.8) is 0 Å². The summed E-state index contributed by atoms with van der Waals surface area (Å²) >= 11 is 0. The smallest absolute Gasteiger partial charge is 0.302 e. The first kappa shape index (κ1) is 23.5. The lowest BCUT2D eigenvalue weighted by molar-refractivity contribution is 0.191. The minimum Gasteiger partial charge on any atom is -0.302 e. The first-order valence-electron chi connectivity index (χ1n) is 7.60. The van der Waals surface area contributed by atoms with Crippen molar-refractivity contribution in [3.8, 4) is 0 Å². The molecular formula is C15H28O7P2. The van der Waals surface area contributed by atoms with Gasteiger partial charge in [0.1, 0.15) is 0 Å². The largest absolute Gasteiger partial charge is 0.481 e. The van der Waals surface area contributed by atoms with Crippen LogP contribution in [-0.2, 0) is 18.0 Å². The molecule has 9 heteroatoms. The van der Waals surface area contributed by atoms with E-state index in [2.05, 4.69) is 41.8 Å². The quantitative estimate of drug-likeness (QED) is 0.353. The Labute approximate surface area is 143 Å². The molecule has 0 bridgehead atoms. The van der Waals surface area contributed by atoms with Crippen LogP contribution in [0.3, 0.4) is 0 Å². The number of phosphoric acid groups is 2. The molecule has 0 rings (SSSR count). The van der Waals surface area contributed by atoms with E-state index in [4.69, 9.17) is 14.7 Å². The van der Waals surface area contributed by atoms with Crippen molar-refractivity contribution in [1.29, 1.82) is 0 Å². The molecule has 140 valence electrons. The number of hydrogen-bond donors (Lipinski definition) is 3. The third-order valence-corrected chi connectivity index (χ3v) is 5.15. The van der Waals surface area contributed by atoms with Gasteiger partial charge < -0.3 is 14.7 Å². The average molecular weight is 382 g/mol. The summed E-state index contributed by atoms with van der Waals surface area (Å²) in [7, 11) is -9.82. The Morgan fingerprint density at radius 1 is 0.875 bits per heavy atom. The molecule has 0 aliphatic heterocycles. The van der Waals surface area contributed by atoms with E-state index in [1.165, 1.54) is 11.1 Å². The van der Waals surface area contributed by atoms with Crippen molar-refractivity contribution in [2.24, 2.45) is 0 Å². The highest BCUT2D eigenvalue weighted by atomic mass is 31.3. The Bertz CT molecular complexity index is 568. The van der Waals surface area contributed by atoms with Crippen LogP contribution in [0, 0.1) is 0 Å². The molecule has 0 aliphatic rings. The molecule has 0 saturated carbocycles. The highest BCUT2D eigenvalue weighted by Crippen LogP contribution is 2.57. The average Bonchev–Trinajstić information content (AvgIpc) is 2.34. The topological polar surface area (TPSA) is 113 Å². The predicted octanol–water partition coefficient (Wildman–Crippen LogP) is 4.63. The van der Waals surface area contributed by atoms with Crippen molar-refractivity contribution in [2.45, 2.75) is 53.4 Å². The molecule has 0 aromatic heterocycles. The van der Waals surface area contributed by atoms with E-state index in [9.17, 15) is 9.13 Å². The number of allylic oxidation sites excluding steroid dienone is 5. The zero-order valence-corrected chi connectivity index (χ0v) is 16.4. The van der Waals surface area contributed by atoms with Gasteiger partial charge in [-0.1, -0.05) is 34.9 Å². The lowest BCUT2D eigenvalue weighted by Crippen LogP contribution is -1.94. The van der Waals surface area contributed by atoms with Crippen LogP contribution in [0.5, 0.6) is 0 Å². The van der Waals surface area contributed by atoms with Gasteiger partial charge in [-0.25, -0.2) is 9.13 Å². The minimum atomic E-state index is -5.07. The summed E-state index contributed by atoms with van der Waals surface area (Å²) in [6.07, 6.45) is 9.59. The minimum absolute atomic E-state index is 0.261. The first-order chi connectivity index (χ1) is 10.9. The molecule has 0 fully saturated rings. The number of hydrogen-bond acceptors (Lipinski definition) is 4. The predicted molar refractivity (Wildman–Crippen MR) is 94.3 cm³/mol. The van der Waals surface area contributed by atoms with Crippen LogP contribution in [0.25, 0.3) is 0 Å². The zero-order valence-electron chi connectivity index (χ0n) is 14.6.